The molecule has 196 valence electrons. The van der Waals surface area contributed by atoms with Gasteiger partial charge < -0.3 is 28.7 Å². The molecule has 5 rings (SSSR count). The molecule has 3 amide bonds. The Hall–Kier alpha value is -2.30. The van der Waals surface area contributed by atoms with Crippen LogP contribution in [0.2, 0.25) is 18.6 Å². The van der Waals surface area contributed by atoms with Gasteiger partial charge >= 0.3 is 0 Å². The van der Waals surface area contributed by atoms with Crippen LogP contribution in [0.15, 0.2) is 18.2 Å². The van der Waals surface area contributed by atoms with Crippen molar-refractivity contribution in [2.75, 3.05) is 36.5 Å². The number of rotatable bonds is 5. The summed E-state index contributed by atoms with van der Waals surface area (Å²) in [5.74, 6) is -0.873. The van der Waals surface area contributed by atoms with Crippen LogP contribution in [0.4, 0.5) is 15.5 Å². The lowest BCUT2D eigenvalue weighted by atomic mass is 9.82. The number of likely N-dealkylation sites (N-methyl/N-ethyl adjacent to an activating group) is 1. The molecule has 0 unspecified atom stereocenters. The molecule has 1 aromatic rings. The minimum Gasteiger partial charge on any atom is -0.394 e. The van der Waals surface area contributed by atoms with E-state index in [1.165, 1.54) is 0 Å². The van der Waals surface area contributed by atoms with Crippen molar-refractivity contribution >= 4 is 37.5 Å². The van der Waals surface area contributed by atoms with E-state index in [0.29, 0.717) is 36.4 Å². The van der Waals surface area contributed by atoms with Crippen LogP contribution in [0.5, 0.6) is 0 Å². The summed E-state index contributed by atoms with van der Waals surface area (Å²) in [6.07, 6.45) is 2.07. The van der Waals surface area contributed by atoms with E-state index in [4.69, 9.17) is 4.74 Å². The fraction of sp³-hybridized carbons (Fsp3) is 0.654. The zero-order valence-corrected chi connectivity index (χ0v) is 22.5. The van der Waals surface area contributed by atoms with Crippen LogP contribution >= 0.6 is 0 Å². The van der Waals surface area contributed by atoms with Gasteiger partial charge in [-0.3, -0.25) is 14.4 Å². The molecule has 36 heavy (non-hydrogen) atoms. The highest BCUT2D eigenvalue weighted by atomic mass is 28.4. The highest BCUT2D eigenvalue weighted by Crippen LogP contribution is 2.60. The number of nitrogens with zero attached hydrogens (tertiary/aromatic N) is 3. The monoisotopic (exact) mass is 517 g/mol. The Balaban J connectivity index is 1.54. The standard InChI is InChI=1S/C26H36FN3O5Si/c1-16-24(36(3,4)27)21(14-23(33)30-11-5-7-18(30)15-31)35-26(16)19-13-17(29-12-6-8-22(29)32)9-10-20(19)28(2)25(26)34/h9-10,13,16,18,21,24,31H,5-8,11-12,14-15H2,1-4H3/t16-,18+,21+,24-,26+/m1/s1. The van der Waals surface area contributed by atoms with Crippen molar-refractivity contribution in [1.82, 2.24) is 4.90 Å². The molecule has 1 aromatic carbocycles. The number of ether oxygens (including phenoxy) is 1. The minimum absolute atomic E-state index is 0.0236. The number of carbonyl (C=O) groups is 3. The van der Waals surface area contributed by atoms with E-state index >= 15 is 4.11 Å². The second-order valence-corrected chi connectivity index (χ2v) is 15.1. The molecule has 1 spiro atoms. The highest BCUT2D eigenvalue weighted by molar-refractivity contribution is 6.72. The summed E-state index contributed by atoms with van der Waals surface area (Å²) >= 11 is 0. The van der Waals surface area contributed by atoms with Crippen LogP contribution in [-0.2, 0) is 24.7 Å². The highest BCUT2D eigenvalue weighted by Gasteiger charge is 2.66. The maximum absolute atomic E-state index is 15.9. The SMILES string of the molecule is C[C@@H]1[C@@H]([Si](C)(C)F)[C@H](CC(=O)N2CCC[C@H]2CO)O[C@@]12C(=O)N(C)c1ccc(N3CCCC3=O)cc12. The maximum Gasteiger partial charge on any atom is 0.264 e. The molecule has 10 heteroatoms. The summed E-state index contributed by atoms with van der Waals surface area (Å²) in [5, 5.41) is 9.69. The van der Waals surface area contributed by atoms with Gasteiger partial charge in [0.15, 0.2) is 5.60 Å². The largest absolute Gasteiger partial charge is 0.394 e. The van der Waals surface area contributed by atoms with Gasteiger partial charge in [0.1, 0.15) is 0 Å². The number of carbonyl (C=O) groups excluding carboxylic acids is 3. The number of anilines is 2. The number of fused-ring (bicyclic) bond motifs is 2. The zero-order chi connectivity index (χ0) is 26.0. The van der Waals surface area contributed by atoms with Gasteiger partial charge in [-0.2, -0.15) is 0 Å². The van der Waals surface area contributed by atoms with Gasteiger partial charge in [0, 0.05) is 49.3 Å². The number of amides is 3. The molecule has 0 aliphatic carbocycles. The van der Waals surface area contributed by atoms with E-state index in [9.17, 15) is 19.5 Å². The second-order valence-electron chi connectivity index (χ2n) is 11.3. The van der Waals surface area contributed by atoms with Crippen molar-refractivity contribution in [1.29, 1.82) is 0 Å². The van der Waals surface area contributed by atoms with Crippen LogP contribution < -0.4 is 9.80 Å². The summed E-state index contributed by atoms with van der Waals surface area (Å²) in [7, 11) is -1.69. The molecule has 1 N–H and O–H groups in total. The Morgan fingerprint density at radius 3 is 2.64 bits per heavy atom. The van der Waals surface area contributed by atoms with Gasteiger partial charge in [0.25, 0.3) is 5.91 Å². The van der Waals surface area contributed by atoms with Gasteiger partial charge in [-0.05, 0) is 50.6 Å². The van der Waals surface area contributed by atoms with Crippen LogP contribution in [-0.4, -0.2) is 75.0 Å². The van der Waals surface area contributed by atoms with E-state index in [1.54, 1.807) is 34.8 Å². The number of benzene rings is 1. The van der Waals surface area contributed by atoms with Crippen LogP contribution in [0.3, 0.4) is 0 Å². The van der Waals surface area contributed by atoms with Crippen LogP contribution in [0, 0.1) is 5.92 Å². The molecule has 8 nitrogen and oxygen atoms in total. The van der Waals surface area contributed by atoms with Crippen molar-refractivity contribution in [3.8, 4) is 0 Å². The Morgan fingerprint density at radius 2 is 2.00 bits per heavy atom. The first-order chi connectivity index (χ1) is 17.0. The first kappa shape index (κ1) is 25.4. The Kier molecular flexibility index (Phi) is 6.28. The predicted molar refractivity (Wildman–Crippen MR) is 136 cm³/mol. The lowest BCUT2D eigenvalue weighted by Gasteiger charge is -2.31. The van der Waals surface area contributed by atoms with E-state index in [-0.39, 0.29) is 36.8 Å². The van der Waals surface area contributed by atoms with Crippen molar-refractivity contribution < 1.29 is 28.3 Å². The molecule has 4 aliphatic heterocycles. The predicted octanol–water partition coefficient (Wildman–Crippen LogP) is 2.94. The van der Waals surface area contributed by atoms with Crippen molar-refractivity contribution in [3.05, 3.63) is 23.8 Å². The molecule has 0 bridgehead atoms. The third-order valence-corrected chi connectivity index (χ3v) is 11.2. The summed E-state index contributed by atoms with van der Waals surface area (Å²) in [6.45, 7) is 6.18. The summed E-state index contributed by atoms with van der Waals surface area (Å²) in [6, 6.07) is 5.31. The van der Waals surface area contributed by atoms with Gasteiger partial charge in [-0.15, -0.1) is 0 Å². The normalized spacial score (nSPS) is 32.3. The average Bonchev–Trinajstić information content (AvgIpc) is 3.57. The summed E-state index contributed by atoms with van der Waals surface area (Å²) < 4.78 is 22.5. The first-order valence-electron chi connectivity index (χ1n) is 13.0. The molecule has 0 saturated carbocycles. The number of hydrogen-bond acceptors (Lipinski definition) is 5. The molecule has 0 radical (unpaired) electrons. The van der Waals surface area contributed by atoms with E-state index in [0.717, 1.165) is 19.3 Å². The molecule has 5 atom stereocenters. The molecule has 3 fully saturated rings. The Bertz CT molecular complexity index is 1090. The zero-order valence-electron chi connectivity index (χ0n) is 21.5. The fourth-order valence-electron chi connectivity index (χ4n) is 7.07. The van der Waals surface area contributed by atoms with Gasteiger partial charge in [-0.25, -0.2) is 0 Å². The number of halogens is 1. The van der Waals surface area contributed by atoms with Crippen molar-refractivity contribution in [2.24, 2.45) is 5.92 Å². The Labute approximate surface area is 212 Å². The third-order valence-electron chi connectivity index (χ3n) is 8.74. The van der Waals surface area contributed by atoms with Crippen molar-refractivity contribution in [2.45, 2.75) is 75.4 Å². The number of aliphatic hydroxyl groups excluding tert-OH is 1. The smallest absolute Gasteiger partial charge is 0.264 e. The van der Waals surface area contributed by atoms with Crippen molar-refractivity contribution in [3.63, 3.8) is 0 Å². The lowest BCUT2D eigenvalue weighted by Crippen LogP contribution is -2.44. The number of hydrogen-bond donors (Lipinski definition) is 1. The topological polar surface area (TPSA) is 90.4 Å². The van der Waals surface area contributed by atoms with Crippen LogP contribution in [0.1, 0.15) is 44.6 Å². The van der Waals surface area contributed by atoms with E-state index < -0.39 is 31.6 Å². The molecule has 4 heterocycles. The quantitative estimate of drug-likeness (QED) is 0.479. The molecule has 4 aliphatic rings. The Morgan fingerprint density at radius 1 is 1.25 bits per heavy atom. The second kappa shape index (κ2) is 8.92. The maximum atomic E-state index is 15.9. The fourth-order valence-corrected chi connectivity index (χ4v) is 9.57. The molecule has 0 aromatic heterocycles. The summed E-state index contributed by atoms with van der Waals surface area (Å²) in [4.78, 5) is 44.5. The van der Waals surface area contributed by atoms with Gasteiger partial charge in [-0.1, -0.05) is 6.92 Å². The van der Waals surface area contributed by atoms with Gasteiger partial charge in [0.2, 0.25) is 20.2 Å². The molecule has 3 saturated heterocycles. The first-order valence-corrected chi connectivity index (χ1v) is 16.0. The molecular formula is C26H36FN3O5Si. The lowest BCUT2D eigenvalue weighted by molar-refractivity contribution is -0.149. The number of aliphatic hydroxyl groups is 1. The molecular weight excluding hydrogens is 481 g/mol. The summed E-state index contributed by atoms with van der Waals surface area (Å²) in [5.41, 5.74) is 0.0664. The minimum atomic E-state index is -3.38. The van der Waals surface area contributed by atoms with Gasteiger partial charge in [0.05, 0.1) is 30.9 Å². The van der Waals surface area contributed by atoms with E-state index in [2.05, 4.69) is 0 Å². The van der Waals surface area contributed by atoms with Crippen LogP contribution in [0.25, 0.3) is 0 Å². The van der Waals surface area contributed by atoms with E-state index in [1.807, 2.05) is 25.1 Å². The third kappa shape index (κ3) is 3.71. The average molecular weight is 518 g/mol. The number of likely N-dealkylation sites (tertiary alicyclic amines) is 1.